The summed E-state index contributed by atoms with van der Waals surface area (Å²) in [4.78, 5) is 4.30. The second-order valence-electron chi connectivity index (χ2n) is 2.91. The van der Waals surface area contributed by atoms with Crippen LogP contribution in [0.3, 0.4) is 0 Å². The van der Waals surface area contributed by atoms with E-state index >= 15 is 0 Å². The van der Waals surface area contributed by atoms with Crippen LogP contribution in [-0.4, -0.2) is 9.55 Å². The van der Waals surface area contributed by atoms with Crippen molar-refractivity contribution < 1.29 is 0 Å². The van der Waals surface area contributed by atoms with E-state index in [4.69, 9.17) is 16.9 Å². The lowest BCUT2D eigenvalue weighted by Gasteiger charge is -1.98. The molecule has 0 amide bonds. The number of imidazole rings is 1. The molecule has 0 radical (unpaired) electrons. The van der Waals surface area contributed by atoms with Crippen molar-refractivity contribution in [3.63, 3.8) is 0 Å². The average molecular weight is 198 g/mol. The zero-order chi connectivity index (χ0) is 9.84. The number of halogens is 1. The number of rotatable bonds is 3. The van der Waals surface area contributed by atoms with E-state index in [1.807, 2.05) is 17.7 Å². The van der Waals surface area contributed by atoms with Gasteiger partial charge in [0.05, 0.1) is 18.2 Å². The lowest BCUT2D eigenvalue weighted by atomic mass is 10.3. The summed E-state index contributed by atoms with van der Waals surface area (Å²) in [5, 5.41) is 9.10. The second-order valence-corrected chi connectivity index (χ2v) is 3.27. The number of aromatic nitrogens is 2. The maximum atomic E-state index is 8.52. The van der Waals surface area contributed by atoms with Gasteiger partial charge in [-0.15, -0.1) is 0 Å². The van der Waals surface area contributed by atoms with E-state index in [-0.39, 0.29) is 6.42 Å². The molecule has 0 N–H and O–H groups in total. The zero-order valence-electron chi connectivity index (χ0n) is 7.84. The summed E-state index contributed by atoms with van der Waals surface area (Å²) in [6.07, 6.45) is 2.23. The van der Waals surface area contributed by atoms with Crippen LogP contribution < -0.4 is 0 Å². The Morgan fingerprint density at radius 2 is 2.31 bits per heavy atom. The Morgan fingerprint density at radius 3 is 2.85 bits per heavy atom. The summed E-state index contributed by atoms with van der Waals surface area (Å²) >= 11 is 5.98. The fraction of sp³-hybridized carbons (Fsp3) is 0.556. The smallest absolute Gasteiger partial charge is 0.132 e. The third kappa shape index (κ3) is 2.02. The maximum Gasteiger partial charge on any atom is 0.132 e. The summed E-state index contributed by atoms with van der Waals surface area (Å²) in [6.45, 7) is 2.09. The largest absolute Gasteiger partial charge is 0.322 e. The Hall–Kier alpha value is -1.01. The van der Waals surface area contributed by atoms with Crippen molar-refractivity contribution in [1.82, 2.24) is 9.55 Å². The minimum atomic E-state index is 0.288. The molecule has 0 spiro atoms. The van der Waals surface area contributed by atoms with Crippen molar-refractivity contribution in [2.75, 3.05) is 0 Å². The van der Waals surface area contributed by atoms with E-state index in [1.165, 1.54) is 0 Å². The predicted molar refractivity (Wildman–Crippen MR) is 51.5 cm³/mol. The fourth-order valence-electron chi connectivity index (χ4n) is 1.22. The molecular formula is C9H12ClN3. The molecule has 4 heteroatoms. The van der Waals surface area contributed by atoms with Crippen LogP contribution in [0.15, 0.2) is 0 Å². The highest BCUT2D eigenvalue weighted by molar-refractivity contribution is 6.30. The first-order valence-corrected chi connectivity index (χ1v) is 4.65. The number of aryl methyl sites for hydroxylation is 1. The van der Waals surface area contributed by atoms with Gasteiger partial charge in [0.2, 0.25) is 0 Å². The molecule has 0 aliphatic heterocycles. The normalized spacial score (nSPS) is 10.0. The van der Waals surface area contributed by atoms with Gasteiger partial charge in [-0.3, -0.25) is 0 Å². The molecule has 1 aromatic heterocycles. The molecule has 0 aliphatic carbocycles. The van der Waals surface area contributed by atoms with E-state index in [0.717, 1.165) is 18.7 Å². The maximum absolute atomic E-state index is 8.52. The van der Waals surface area contributed by atoms with Crippen molar-refractivity contribution in [2.24, 2.45) is 7.05 Å². The van der Waals surface area contributed by atoms with Crippen LogP contribution >= 0.6 is 11.6 Å². The molecule has 0 fully saturated rings. The second kappa shape index (κ2) is 4.29. The fourth-order valence-corrected chi connectivity index (χ4v) is 1.43. The van der Waals surface area contributed by atoms with Gasteiger partial charge in [0.15, 0.2) is 0 Å². The standard InChI is InChI=1S/C9H12ClN3/c1-3-4-8-12-7(5-6-11)9(10)13(8)2/h3-5H2,1-2H3. The van der Waals surface area contributed by atoms with Crippen molar-refractivity contribution in [3.8, 4) is 6.07 Å². The lowest BCUT2D eigenvalue weighted by molar-refractivity contribution is 0.759. The molecule has 0 saturated carbocycles. The van der Waals surface area contributed by atoms with Gasteiger partial charge in [0.1, 0.15) is 11.0 Å². The highest BCUT2D eigenvalue weighted by Crippen LogP contribution is 2.17. The van der Waals surface area contributed by atoms with Crippen molar-refractivity contribution in [1.29, 1.82) is 5.26 Å². The first-order chi connectivity index (χ1) is 6.20. The first-order valence-electron chi connectivity index (χ1n) is 4.27. The Bertz CT molecular complexity index is 335. The van der Waals surface area contributed by atoms with Gasteiger partial charge < -0.3 is 4.57 Å². The molecule has 13 heavy (non-hydrogen) atoms. The molecular weight excluding hydrogens is 186 g/mol. The lowest BCUT2D eigenvalue weighted by Crippen LogP contribution is -1.96. The number of nitrogens with zero attached hydrogens (tertiary/aromatic N) is 3. The Labute approximate surface area is 83.0 Å². The Kier molecular flexibility index (Phi) is 3.32. The monoisotopic (exact) mass is 197 g/mol. The van der Waals surface area contributed by atoms with Gasteiger partial charge >= 0.3 is 0 Å². The molecule has 1 rings (SSSR count). The number of hydrogen-bond acceptors (Lipinski definition) is 2. The van der Waals surface area contributed by atoms with Crippen LogP contribution in [0.1, 0.15) is 24.9 Å². The molecule has 0 aromatic carbocycles. The van der Waals surface area contributed by atoms with Crippen LogP contribution in [0.25, 0.3) is 0 Å². The molecule has 0 aliphatic rings. The molecule has 70 valence electrons. The topological polar surface area (TPSA) is 41.6 Å². The van der Waals surface area contributed by atoms with Crippen molar-refractivity contribution in [3.05, 3.63) is 16.7 Å². The van der Waals surface area contributed by atoms with Crippen LogP contribution in [0.4, 0.5) is 0 Å². The Balaban J connectivity index is 2.99. The van der Waals surface area contributed by atoms with Gasteiger partial charge in [0.25, 0.3) is 0 Å². The minimum Gasteiger partial charge on any atom is -0.322 e. The van der Waals surface area contributed by atoms with Crippen LogP contribution in [0.2, 0.25) is 5.15 Å². The molecule has 1 heterocycles. The minimum absolute atomic E-state index is 0.288. The van der Waals surface area contributed by atoms with E-state index in [9.17, 15) is 0 Å². The molecule has 1 aromatic rings. The predicted octanol–water partition coefficient (Wildman–Crippen LogP) is 2.09. The summed E-state index contributed by atoms with van der Waals surface area (Å²) < 4.78 is 1.84. The molecule has 0 saturated heterocycles. The van der Waals surface area contributed by atoms with E-state index in [2.05, 4.69) is 11.9 Å². The summed E-state index contributed by atoms with van der Waals surface area (Å²) in [6, 6.07) is 2.05. The van der Waals surface area contributed by atoms with Gasteiger partial charge in [0, 0.05) is 13.5 Å². The Morgan fingerprint density at radius 1 is 1.62 bits per heavy atom. The zero-order valence-corrected chi connectivity index (χ0v) is 8.60. The van der Waals surface area contributed by atoms with Gasteiger partial charge in [-0.1, -0.05) is 18.5 Å². The summed E-state index contributed by atoms with van der Waals surface area (Å²) in [7, 11) is 1.88. The van der Waals surface area contributed by atoms with E-state index in [1.54, 1.807) is 0 Å². The van der Waals surface area contributed by atoms with Gasteiger partial charge in [-0.2, -0.15) is 5.26 Å². The first kappa shape index (κ1) is 10.1. The molecule has 0 unspecified atom stereocenters. The SMILES string of the molecule is CCCc1nc(CC#N)c(Cl)n1C. The van der Waals surface area contributed by atoms with E-state index in [0.29, 0.717) is 10.8 Å². The van der Waals surface area contributed by atoms with Crippen LogP contribution in [0, 0.1) is 11.3 Å². The highest BCUT2D eigenvalue weighted by atomic mass is 35.5. The quantitative estimate of drug-likeness (QED) is 0.745. The molecule has 3 nitrogen and oxygen atoms in total. The van der Waals surface area contributed by atoms with Crippen molar-refractivity contribution >= 4 is 11.6 Å². The molecule has 0 bridgehead atoms. The highest BCUT2D eigenvalue weighted by Gasteiger charge is 2.10. The summed E-state index contributed by atoms with van der Waals surface area (Å²) in [5.74, 6) is 0.956. The molecule has 0 atom stereocenters. The van der Waals surface area contributed by atoms with Gasteiger partial charge in [-0.25, -0.2) is 4.98 Å². The average Bonchev–Trinajstić information content (AvgIpc) is 2.36. The van der Waals surface area contributed by atoms with Gasteiger partial charge in [-0.05, 0) is 6.42 Å². The van der Waals surface area contributed by atoms with Crippen LogP contribution in [0.5, 0.6) is 0 Å². The van der Waals surface area contributed by atoms with Crippen molar-refractivity contribution in [2.45, 2.75) is 26.2 Å². The third-order valence-electron chi connectivity index (χ3n) is 1.90. The van der Waals surface area contributed by atoms with Crippen LogP contribution in [-0.2, 0) is 19.9 Å². The third-order valence-corrected chi connectivity index (χ3v) is 2.38. The number of nitriles is 1. The number of hydrogen-bond donors (Lipinski definition) is 0. The van der Waals surface area contributed by atoms with E-state index < -0.39 is 0 Å². The summed E-state index contributed by atoms with van der Waals surface area (Å²) in [5.41, 5.74) is 0.690.